The van der Waals surface area contributed by atoms with E-state index < -0.39 is 31.1 Å². The lowest BCUT2D eigenvalue weighted by molar-refractivity contribution is -0.385. The first kappa shape index (κ1) is 32.6. The number of non-ortho nitro benzene ring substituents is 1. The van der Waals surface area contributed by atoms with Crippen molar-refractivity contribution in [1.29, 1.82) is 0 Å². The number of hydrogen-bond donors (Lipinski definition) is 0. The highest BCUT2D eigenvalue weighted by atomic mass is 31.1. The van der Waals surface area contributed by atoms with Gasteiger partial charge in [-0.15, -0.1) is 0 Å². The third kappa shape index (κ3) is 7.10. The molecule has 0 N–H and O–H groups in total. The maximum Gasteiger partial charge on any atom is 0.339 e. The summed E-state index contributed by atoms with van der Waals surface area (Å²) in [6.45, 7) is 13.2. The summed E-state index contributed by atoms with van der Waals surface area (Å²) in [5.74, 6) is -0.624. The third-order valence-corrected chi connectivity index (χ3v) is 8.72. The number of benzene rings is 2. The van der Waals surface area contributed by atoms with Gasteiger partial charge < -0.3 is 14.0 Å². The van der Waals surface area contributed by atoms with Crippen molar-refractivity contribution in [2.24, 2.45) is 0 Å². The molecular formula is C32H42N3O7P. The van der Waals surface area contributed by atoms with Crippen molar-refractivity contribution < 1.29 is 28.6 Å². The fourth-order valence-corrected chi connectivity index (χ4v) is 6.69. The minimum Gasteiger partial charge on any atom is -0.459 e. The Balaban J connectivity index is 1.75. The standard InChI is InChI=1S/C32H42N3O7P/c1-21(2)41-32(26-13-10-14-27(19-26)35(37)38)29(23(5)34(42-22(3)4)24(6)30(32)43-39)31(36)40-28-15-17-33(18-16-28)20-25-11-8-7-9-12-25/h7-14,19,21-22,28H,15-18,20,43H2,1-6H3. The highest BCUT2D eigenvalue weighted by molar-refractivity contribution is 7.29. The van der Waals surface area contributed by atoms with Crippen LogP contribution in [0.1, 0.15) is 65.5 Å². The maximum atomic E-state index is 14.3. The largest absolute Gasteiger partial charge is 0.459 e. The Morgan fingerprint density at radius 3 is 2.28 bits per heavy atom. The molecule has 2 aromatic carbocycles. The molecule has 0 radical (unpaired) electrons. The van der Waals surface area contributed by atoms with Crippen molar-refractivity contribution >= 4 is 20.1 Å². The Hall–Kier alpha value is -3.30. The molecule has 0 saturated carbocycles. The highest BCUT2D eigenvalue weighted by Gasteiger charge is 2.52. The van der Waals surface area contributed by atoms with Gasteiger partial charge in [0.1, 0.15) is 6.10 Å². The van der Waals surface area contributed by atoms with Crippen LogP contribution in [-0.2, 0) is 35.8 Å². The molecule has 10 nitrogen and oxygen atoms in total. The van der Waals surface area contributed by atoms with E-state index in [4.69, 9.17) is 14.3 Å². The zero-order valence-electron chi connectivity index (χ0n) is 25.7. The van der Waals surface area contributed by atoms with Gasteiger partial charge in [-0.3, -0.25) is 19.9 Å². The highest BCUT2D eigenvalue weighted by Crippen LogP contribution is 2.53. The van der Waals surface area contributed by atoms with Crippen LogP contribution >= 0.6 is 8.46 Å². The zero-order valence-corrected chi connectivity index (χ0v) is 26.9. The van der Waals surface area contributed by atoms with Crippen LogP contribution < -0.4 is 0 Å². The lowest BCUT2D eigenvalue weighted by Gasteiger charge is -2.45. The molecule has 2 aromatic rings. The van der Waals surface area contributed by atoms with Gasteiger partial charge in [0.2, 0.25) is 0 Å². The van der Waals surface area contributed by atoms with Crippen molar-refractivity contribution in [3.05, 3.63) is 98.1 Å². The molecule has 2 unspecified atom stereocenters. The SMILES string of the molecule is CC1=C([PH2]=O)C(OC(C)C)(c2cccc([N+](=O)[O-])c2)C(C(=O)OC2CCN(Cc3ccccc3)CC2)=C(C)N1OC(C)C. The van der Waals surface area contributed by atoms with Gasteiger partial charge in [-0.1, -0.05) is 42.5 Å². The molecule has 0 bridgehead atoms. The van der Waals surface area contributed by atoms with Crippen LogP contribution in [0, 0.1) is 10.1 Å². The number of nitro groups is 1. The summed E-state index contributed by atoms with van der Waals surface area (Å²) in [6.07, 6.45) is 0.273. The predicted molar refractivity (Wildman–Crippen MR) is 166 cm³/mol. The molecule has 1 saturated heterocycles. The summed E-state index contributed by atoms with van der Waals surface area (Å²) in [5.41, 5.74) is 0.760. The summed E-state index contributed by atoms with van der Waals surface area (Å²) in [6, 6.07) is 16.2. The second kappa shape index (κ2) is 14.0. The number of hydroxylamine groups is 2. The van der Waals surface area contributed by atoms with Gasteiger partial charge in [-0.2, -0.15) is 0 Å². The Labute approximate surface area is 254 Å². The topological polar surface area (TPSA) is 111 Å². The van der Waals surface area contributed by atoms with E-state index >= 15 is 0 Å². The Kier molecular flexibility index (Phi) is 10.6. The number of hydrogen-bond acceptors (Lipinski definition) is 9. The lowest BCUT2D eigenvalue weighted by Crippen LogP contribution is -2.47. The Bertz CT molecular complexity index is 1400. The quantitative estimate of drug-likeness (QED) is 0.124. The molecule has 1 fully saturated rings. The minimum absolute atomic E-state index is 0.109. The number of rotatable bonds is 11. The molecule has 2 atom stereocenters. The number of allylic oxidation sites excluding steroid dienone is 2. The molecule has 4 rings (SSSR count). The van der Waals surface area contributed by atoms with Crippen LogP contribution in [0.5, 0.6) is 0 Å². The monoisotopic (exact) mass is 611 g/mol. The average Bonchev–Trinajstić information content (AvgIpc) is 2.96. The Morgan fingerprint density at radius 2 is 1.70 bits per heavy atom. The number of likely N-dealkylation sites (tertiary alicyclic amines) is 1. The number of carbonyl (C=O) groups is 1. The Morgan fingerprint density at radius 1 is 1.02 bits per heavy atom. The summed E-state index contributed by atoms with van der Waals surface area (Å²) in [7, 11) is -1.65. The van der Waals surface area contributed by atoms with Gasteiger partial charge in [0, 0.05) is 42.6 Å². The number of nitro benzene ring substituents is 1. The summed E-state index contributed by atoms with van der Waals surface area (Å²) >= 11 is 0. The van der Waals surface area contributed by atoms with E-state index in [9.17, 15) is 19.5 Å². The smallest absolute Gasteiger partial charge is 0.339 e. The summed E-state index contributed by atoms with van der Waals surface area (Å²) < 4.78 is 25.9. The van der Waals surface area contributed by atoms with Crippen molar-refractivity contribution in [3.8, 4) is 0 Å². The number of ether oxygens (including phenoxy) is 2. The molecule has 0 spiro atoms. The molecular weight excluding hydrogens is 569 g/mol. The number of esters is 1. The average molecular weight is 612 g/mol. The van der Waals surface area contributed by atoms with Crippen LogP contribution in [0.3, 0.4) is 0 Å². The second-order valence-corrected chi connectivity index (χ2v) is 12.4. The first-order chi connectivity index (χ1) is 20.5. The van der Waals surface area contributed by atoms with E-state index in [2.05, 4.69) is 17.0 Å². The molecule has 2 aliphatic heterocycles. The van der Waals surface area contributed by atoms with Crippen LogP contribution in [0.15, 0.2) is 76.9 Å². The number of piperidine rings is 1. The van der Waals surface area contributed by atoms with Crippen LogP contribution in [-0.4, -0.2) is 52.3 Å². The van der Waals surface area contributed by atoms with Crippen LogP contribution in [0.4, 0.5) is 5.69 Å². The summed E-state index contributed by atoms with van der Waals surface area (Å²) in [5, 5.41) is 13.6. The first-order valence-corrected chi connectivity index (χ1v) is 15.8. The molecule has 2 heterocycles. The van der Waals surface area contributed by atoms with Gasteiger partial charge in [0.05, 0.1) is 42.6 Å². The molecule has 0 amide bonds. The van der Waals surface area contributed by atoms with E-state index in [-0.39, 0.29) is 23.5 Å². The van der Waals surface area contributed by atoms with E-state index in [1.165, 1.54) is 22.8 Å². The van der Waals surface area contributed by atoms with Crippen molar-refractivity contribution in [3.63, 3.8) is 0 Å². The fraction of sp³-hybridized carbons (Fsp3) is 0.469. The van der Waals surface area contributed by atoms with E-state index in [0.717, 1.165) is 19.6 Å². The predicted octanol–water partition coefficient (Wildman–Crippen LogP) is 6.34. The molecule has 0 aromatic heterocycles. The maximum absolute atomic E-state index is 14.3. The number of nitrogens with zero attached hydrogens (tertiary/aromatic N) is 3. The molecule has 232 valence electrons. The van der Waals surface area contributed by atoms with Crippen LogP contribution in [0.25, 0.3) is 0 Å². The zero-order chi connectivity index (χ0) is 31.3. The summed E-state index contributed by atoms with van der Waals surface area (Å²) in [4.78, 5) is 34.1. The van der Waals surface area contributed by atoms with Crippen molar-refractivity contribution in [2.45, 2.75) is 84.8 Å². The third-order valence-electron chi connectivity index (χ3n) is 7.66. The van der Waals surface area contributed by atoms with Crippen molar-refractivity contribution in [1.82, 2.24) is 9.96 Å². The first-order valence-electron chi connectivity index (χ1n) is 14.7. The number of carbonyl (C=O) groups excluding carboxylic acids is 1. The van der Waals surface area contributed by atoms with Crippen LogP contribution in [0.2, 0.25) is 0 Å². The van der Waals surface area contributed by atoms with Crippen molar-refractivity contribution in [2.75, 3.05) is 13.1 Å². The van der Waals surface area contributed by atoms with Gasteiger partial charge >= 0.3 is 5.97 Å². The second-order valence-electron chi connectivity index (χ2n) is 11.5. The van der Waals surface area contributed by atoms with E-state index in [1.807, 2.05) is 45.9 Å². The van der Waals surface area contributed by atoms with Gasteiger partial charge in [-0.05, 0) is 59.9 Å². The molecule has 11 heteroatoms. The fourth-order valence-electron chi connectivity index (χ4n) is 5.85. The lowest BCUT2D eigenvalue weighted by atomic mass is 9.80. The molecule has 43 heavy (non-hydrogen) atoms. The normalized spacial score (nSPS) is 20.6. The van der Waals surface area contributed by atoms with Gasteiger partial charge in [0.25, 0.3) is 5.69 Å². The van der Waals surface area contributed by atoms with E-state index in [0.29, 0.717) is 35.1 Å². The minimum atomic E-state index is -1.67. The molecule has 0 aliphatic carbocycles. The molecule has 2 aliphatic rings. The van der Waals surface area contributed by atoms with E-state index in [1.54, 1.807) is 26.0 Å². The van der Waals surface area contributed by atoms with Gasteiger partial charge in [-0.25, -0.2) is 9.86 Å². The van der Waals surface area contributed by atoms with Gasteiger partial charge in [0.15, 0.2) is 5.60 Å².